The quantitative estimate of drug-likeness (QED) is 0.791. The lowest BCUT2D eigenvalue weighted by Crippen LogP contribution is -2.57. The third-order valence-corrected chi connectivity index (χ3v) is 4.11. The summed E-state index contributed by atoms with van der Waals surface area (Å²) < 4.78 is 10.7. The topological polar surface area (TPSA) is 64.8 Å². The molecule has 0 bridgehead atoms. The fourth-order valence-electron chi connectivity index (χ4n) is 2.41. The zero-order valence-corrected chi connectivity index (χ0v) is 11.9. The lowest BCUT2D eigenvalue weighted by Gasteiger charge is -2.42. The molecule has 3 atom stereocenters. The van der Waals surface area contributed by atoms with Gasteiger partial charge in [0.15, 0.2) is 0 Å². The average Bonchev–Trinajstić information content (AvgIpc) is 2.44. The Kier molecular flexibility index (Phi) is 5.56. The molecule has 1 fully saturated rings. The molecule has 2 N–H and O–H groups in total. The summed E-state index contributed by atoms with van der Waals surface area (Å²) in [7, 11) is 3.29. The van der Waals surface area contributed by atoms with Crippen LogP contribution in [0.3, 0.4) is 0 Å². The van der Waals surface area contributed by atoms with Crippen molar-refractivity contribution in [1.82, 2.24) is 4.90 Å². The van der Waals surface area contributed by atoms with Gasteiger partial charge in [-0.2, -0.15) is 0 Å². The lowest BCUT2D eigenvalue weighted by atomic mass is 9.94. The first-order chi connectivity index (χ1) is 8.52. The van der Waals surface area contributed by atoms with Crippen molar-refractivity contribution >= 4 is 5.91 Å². The van der Waals surface area contributed by atoms with Gasteiger partial charge in [-0.15, -0.1) is 0 Å². The van der Waals surface area contributed by atoms with Crippen LogP contribution in [0.25, 0.3) is 0 Å². The van der Waals surface area contributed by atoms with E-state index >= 15 is 0 Å². The molecule has 5 heteroatoms. The van der Waals surface area contributed by atoms with Gasteiger partial charge in [0.25, 0.3) is 5.91 Å². The zero-order valence-electron chi connectivity index (χ0n) is 11.9. The van der Waals surface area contributed by atoms with E-state index in [0.29, 0.717) is 19.5 Å². The number of hydrogen-bond donors (Lipinski definition) is 1. The van der Waals surface area contributed by atoms with Crippen LogP contribution in [0.1, 0.15) is 33.1 Å². The molecule has 3 unspecified atom stereocenters. The summed E-state index contributed by atoms with van der Waals surface area (Å²) in [5, 5.41) is 0. The van der Waals surface area contributed by atoms with Crippen LogP contribution in [0, 0.1) is 0 Å². The molecule has 0 aromatic carbocycles. The highest BCUT2D eigenvalue weighted by atomic mass is 16.5. The van der Waals surface area contributed by atoms with Gasteiger partial charge in [-0.1, -0.05) is 6.92 Å². The Labute approximate surface area is 110 Å². The summed E-state index contributed by atoms with van der Waals surface area (Å²) in [6.07, 6.45) is 2.53. The standard InChI is InChI=1S/C13H26N2O3/c1-5-13(2,18-4)12(16)15-7-6-11(17-3)8-10(15)9-14/h10-11H,5-9,14H2,1-4H3. The zero-order chi connectivity index (χ0) is 13.8. The minimum Gasteiger partial charge on any atom is -0.381 e. The van der Waals surface area contributed by atoms with Crippen molar-refractivity contribution in [3.8, 4) is 0 Å². The summed E-state index contributed by atoms with van der Waals surface area (Å²) in [6, 6.07) is 0.0530. The number of hydrogen-bond acceptors (Lipinski definition) is 4. The van der Waals surface area contributed by atoms with Crippen molar-refractivity contribution in [2.75, 3.05) is 27.3 Å². The van der Waals surface area contributed by atoms with Crippen molar-refractivity contribution in [1.29, 1.82) is 0 Å². The number of likely N-dealkylation sites (tertiary alicyclic amines) is 1. The molecule has 106 valence electrons. The van der Waals surface area contributed by atoms with Gasteiger partial charge in [0, 0.05) is 33.4 Å². The Hall–Kier alpha value is -0.650. The van der Waals surface area contributed by atoms with Crippen molar-refractivity contribution in [2.24, 2.45) is 5.73 Å². The van der Waals surface area contributed by atoms with Gasteiger partial charge in [0.05, 0.1) is 6.10 Å². The van der Waals surface area contributed by atoms with Crippen LogP contribution in [-0.4, -0.2) is 55.9 Å². The Morgan fingerprint density at radius 2 is 2.17 bits per heavy atom. The predicted octanol–water partition coefficient (Wildman–Crippen LogP) is 0.766. The van der Waals surface area contributed by atoms with E-state index in [4.69, 9.17) is 15.2 Å². The van der Waals surface area contributed by atoms with E-state index in [1.807, 2.05) is 18.7 Å². The fourth-order valence-corrected chi connectivity index (χ4v) is 2.41. The number of carbonyl (C=O) groups excluding carboxylic acids is 1. The van der Waals surface area contributed by atoms with E-state index in [1.54, 1.807) is 14.2 Å². The van der Waals surface area contributed by atoms with Crippen molar-refractivity contribution in [3.63, 3.8) is 0 Å². The van der Waals surface area contributed by atoms with Crippen LogP contribution in [0.15, 0.2) is 0 Å². The maximum Gasteiger partial charge on any atom is 0.254 e. The average molecular weight is 258 g/mol. The van der Waals surface area contributed by atoms with Gasteiger partial charge in [-0.3, -0.25) is 4.79 Å². The second-order valence-electron chi connectivity index (χ2n) is 5.06. The highest BCUT2D eigenvalue weighted by molar-refractivity contribution is 5.85. The van der Waals surface area contributed by atoms with E-state index < -0.39 is 5.60 Å². The Morgan fingerprint density at radius 3 is 2.61 bits per heavy atom. The summed E-state index contributed by atoms with van der Waals surface area (Å²) in [6.45, 7) is 4.96. The minimum absolute atomic E-state index is 0.0394. The number of nitrogens with two attached hydrogens (primary N) is 1. The van der Waals surface area contributed by atoms with Crippen molar-refractivity contribution in [2.45, 2.75) is 50.9 Å². The van der Waals surface area contributed by atoms with E-state index in [1.165, 1.54) is 0 Å². The molecule has 0 saturated carbocycles. The van der Waals surface area contributed by atoms with Gasteiger partial charge in [-0.25, -0.2) is 0 Å². The molecule has 1 heterocycles. The third-order valence-electron chi connectivity index (χ3n) is 4.11. The molecule has 1 rings (SSSR count). The van der Waals surface area contributed by atoms with Crippen LogP contribution >= 0.6 is 0 Å². The Bertz CT molecular complexity index is 279. The van der Waals surface area contributed by atoms with E-state index in [0.717, 1.165) is 12.8 Å². The Balaban J connectivity index is 2.78. The normalized spacial score (nSPS) is 27.9. The minimum atomic E-state index is -0.743. The maximum absolute atomic E-state index is 12.6. The van der Waals surface area contributed by atoms with Crippen molar-refractivity contribution in [3.05, 3.63) is 0 Å². The van der Waals surface area contributed by atoms with Gasteiger partial charge in [0.2, 0.25) is 0 Å². The van der Waals surface area contributed by atoms with Gasteiger partial charge < -0.3 is 20.1 Å². The summed E-state index contributed by atoms with van der Waals surface area (Å²) in [5.41, 5.74) is 5.04. The number of carbonyl (C=O) groups is 1. The fraction of sp³-hybridized carbons (Fsp3) is 0.923. The molecule has 0 aliphatic carbocycles. The molecule has 5 nitrogen and oxygen atoms in total. The monoisotopic (exact) mass is 258 g/mol. The molecular weight excluding hydrogens is 232 g/mol. The van der Waals surface area contributed by atoms with Crippen LogP contribution in [0.2, 0.25) is 0 Å². The number of rotatable bonds is 5. The number of methoxy groups -OCH3 is 2. The molecule has 0 radical (unpaired) electrons. The third kappa shape index (κ3) is 3.02. The van der Waals surface area contributed by atoms with E-state index in [-0.39, 0.29) is 18.1 Å². The SMILES string of the molecule is CCC(C)(OC)C(=O)N1CCC(OC)CC1CN. The Morgan fingerprint density at radius 1 is 1.50 bits per heavy atom. The van der Waals surface area contributed by atoms with Gasteiger partial charge in [-0.05, 0) is 26.2 Å². The van der Waals surface area contributed by atoms with Crippen LogP contribution in [-0.2, 0) is 14.3 Å². The molecule has 1 aliphatic rings. The van der Waals surface area contributed by atoms with E-state index in [9.17, 15) is 4.79 Å². The number of piperidine rings is 1. The highest BCUT2D eigenvalue weighted by Gasteiger charge is 2.40. The lowest BCUT2D eigenvalue weighted by molar-refractivity contribution is -0.159. The first-order valence-electron chi connectivity index (χ1n) is 6.61. The van der Waals surface area contributed by atoms with Crippen LogP contribution in [0.5, 0.6) is 0 Å². The second kappa shape index (κ2) is 6.50. The summed E-state index contributed by atoms with van der Waals surface area (Å²) in [5.74, 6) is 0.0394. The van der Waals surface area contributed by atoms with Crippen LogP contribution in [0.4, 0.5) is 0 Å². The number of amides is 1. The maximum atomic E-state index is 12.6. The molecule has 0 aromatic rings. The predicted molar refractivity (Wildman–Crippen MR) is 70.3 cm³/mol. The molecule has 1 amide bonds. The van der Waals surface area contributed by atoms with E-state index in [2.05, 4.69) is 0 Å². The van der Waals surface area contributed by atoms with Gasteiger partial charge >= 0.3 is 0 Å². The molecule has 1 saturated heterocycles. The summed E-state index contributed by atoms with van der Waals surface area (Å²) >= 11 is 0. The summed E-state index contributed by atoms with van der Waals surface area (Å²) in [4.78, 5) is 14.4. The van der Waals surface area contributed by atoms with Crippen LogP contribution < -0.4 is 5.73 Å². The van der Waals surface area contributed by atoms with Crippen molar-refractivity contribution < 1.29 is 14.3 Å². The molecule has 1 aliphatic heterocycles. The largest absolute Gasteiger partial charge is 0.381 e. The molecular formula is C13H26N2O3. The first kappa shape index (κ1) is 15.4. The molecule has 0 spiro atoms. The highest BCUT2D eigenvalue weighted by Crippen LogP contribution is 2.25. The first-order valence-corrected chi connectivity index (χ1v) is 6.61. The molecule has 0 aromatic heterocycles. The number of nitrogens with zero attached hydrogens (tertiary/aromatic N) is 1. The van der Waals surface area contributed by atoms with Gasteiger partial charge in [0.1, 0.15) is 5.60 Å². The second-order valence-corrected chi connectivity index (χ2v) is 5.06. The molecule has 18 heavy (non-hydrogen) atoms. The smallest absolute Gasteiger partial charge is 0.254 e. The number of ether oxygens (including phenoxy) is 2.